The first kappa shape index (κ1) is 14.8. The third-order valence-electron chi connectivity index (χ3n) is 3.14. The zero-order valence-electron chi connectivity index (χ0n) is 11.9. The number of rotatable bonds is 4. The molecular weight excluding hydrogens is 280 g/mol. The molecule has 1 fully saturated rings. The fourth-order valence-corrected chi connectivity index (χ4v) is 2.26. The molecule has 1 aliphatic rings. The van der Waals surface area contributed by atoms with Gasteiger partial charge in [0.25, 0.3) is 0 Å². The van der Waals surface area contributed by atoms with Crippen LogP contribution in [0.15, 0.2) is 0 Å². The molecule has 1 aliphatic heterocycles. The van der Waals surface area contributed by atoms with Crippen molar-refractivity contribution >= 4 is 29.4 Å². The Labute approximate surface area is 123 Å². The molecule has 0 bridgehead atoms. The van der Waals surface area contributed by atoms with Crippen molar-refractivity contribution < 1.29 is 4.79 Å². The lowest BCUT2D eigenvalue weighted by Crippen LogP contribution is -2.37. The third-order valence-corrected chi connectivity index (χ3v) is 3.31. The Balaban J connectivity index is 2.13. The van der Waals surface area contributed by atoms with Crippen molar-refractivity contribution in [2.75, 3.05) is 37.4 Å². The van der Waals surface area contributed by atoms with Gasteiger partial charge in [-0.15, -0.1) is 0 Å². The third kappa shape index (κ3) is 3.47. The number of likely N-dealkylation sites (N-methyl/N-ethyl adjacent to an activating group) is 1. The van der Waals surface area contributed by atoms with Crippen LogP contribution in [0, 0.1) is 0 Å². The number of carbonyl (C=O) groups excluding carboxylic acids is 1. The van der Waals surface area contributed by atoms with Crippen LogP contribution in [0.25, 0.3) is 0 Å². The molecule has 0 saturated carbocycles. The topological polar surface area (TPSA) is 74.2 Å². The molecule has 1 atom stereocenters. The summed E-state index contributed by atoms with van der Waals surface area (Å²) < 4.78 is 0. The summed E-state index contributed by atoms with van der Waals surface area (Å²) in [7, 11) is 3.41. The molecule has 20 heavy (non-hydrogen) atoms. The van der Waals surface area contributed by atoms with Crippen LogP contribution in [-0.4, -0.2) is 59.0 Å². The molecular formula is C12H19ClN6O. The summed E-state index contributed by atoms with van der Waals surface area (Å²) >= 11 is 5.93. The zero-order valence-corrected chi connectivity index (χ0v) is 12.7. The predicted octanol–water partition coefficient (Wildman–Crippen LogP) is 1.01. The highest BCUT2D eigenvalue weighted by atomic mass is 35.5. The molecule has 8 heteroatoms. The Morgan fingerprint density at radius 1 is 1.30 bits per heavy atom. The first-order chi connectivity index (χ1) is 9.47. The molecule has 2 rings (SSSR count). The Morgan fingerprint density at radius 2 is 1.95 bits per heavy atom. The molecule has 1 saturated heterocycles. The van der Waals surface area contributed by atoms with Gasteiger partial charge in [0.15, 0.2) is 0 Å². The van der Waals surface area contributed by atoms with Crippen molar-refractivity contribution in [2.24, 2.45) is 0 Å². The summed E-state index contributed by atoms with van der Waals surface area (Å²) in [6.07, 6.45) is 2.25. The first-order valence-electron chi connectivity index (χ1n) is 6.61. The maximum absolute atomic E-state index is 11.8. The van der Waals surface area contributed by atoms with Gasteiger partial charge in [0, 0.05) is 27.2 Å². The molecule has 7 nitrogen and oxygen atoms in total. The van der Waals surface area contributed by atoms with E-state index < -0.39 is 6.04 Å². The number of halogens is 1. The number of amides is 1. The number of hydrogen-bond donors (Lipinski definition) is 1. The van der Waals surface area contributed by atoms with Gasteiger partial charge < -0.3 is 15.1 Å². The maximum atomic E-state index is 11.8. The van der Waals surface area contributed by atoms with Crippen LogP contribution in [0.3, 0.4) is 0 Å². The second-order valence-electron chi connectivity index (χ2n) is 5.02. The van der Waals surface area contributed by atoms with Crippen LogP contribution >= 0.6 is 11.6 Å². The average molecular weight is 299 g/mol. The highest BCUT2D eigenvalue weighted by Crippen LogP contribution is 2.18. The Kier molecular flexibility index (Phi) is 4.59. The van der Waals surface area contributed by atoms with Gasteiger partial charge in [-0.1, -0.05) is 0 Å². The Hall–Kier alpha value is -1.63. The number of anilines is 2. The van der Waals surface area contributed by atoms with Crippen LogP contribution in [-0.2, 0) is 4.79 Å². The number of hydrogen-bond acceptors (Lipinski definition) is 6. The van der Waals surface area contributed by atoms with Gasteiger partial charge in [-0.2, -0.15) is 15.0 Å². The maximum Gasteiger partial charge on any atom is 0.244 e. The van der Waals surface area contributed by atoms with Crippen LogP contribution in [0.5, 0.6) is 0 Å². The number of nitrogens with one attached hydrogen (secondary N) is 1. The van der Waals surface area contributed by atoms with Gasteiger partial charge in [0.1, 0.15) is 6.04 Å². The van der Waals surface area contributed by atoms with E-state index >= 15 is 0 Å². The van der Waals surface area contributed by atoms with Crippen molar-refractivity contribution in [3.8, 4) is 0 Å². The summed E-state index contributed by atoms with van der Waals surface area (Å²) in [6.45, 7) is 3.60. The molecule has 0 aliphatic carbocycles. The molecule has 1 aromatic rings. The van der Waals surface area contributed by atoms with E-state index in [9.17, 15) is 4.79 Å². The molecule has 2 heterocycles. The monoisotopic (exact) mass is 298 g/mol. The van der Waals surface area contributed by atoms with Crippen molar-refractivity contribution in [1.82, 2.24) is 19.9 Å². The van der Waals surface area contributed by atoms with Crippen LogP contribution in [0.1, 0.15) is 19.8 Å². The van der Waals surface area contributed by atoms with Crippen molar-refractivity contribution in [3.05, 3.63) is 5.28 Å². The lowest BCUT2D eigenvalue weighted by Gasteiger charge is -2.19. The summed E-state index contributed by atoms with van der Waals surface area (Å²) in [4.78, 5) is 27.9. The van der Waals surface area contributed by atoms with E-state index in [4.69, 9.17) is 11.6 Å². The minimum absolute atomic E-state index is 0.0516. The molecule has 1 unspecified atom stereocenters. The highest BCUT2D eigenvalue weighted by Gasteiger charge is 2.19. The lowest BCUT2D eigenvalue weighted by molar-refractivity contribution is -0.129. The first-order valence-corrected chi connectivity index (χ1v) is 6.99. The van der Waals surface area contributed by atoms with Crippen molar-refractivity contribution in [1.29, 1.82) is 0 Å². The van der Waals surface area contributed by atoms with Crippen molar-refractivity contribution in [2.45, 2.75) is 25.8 Å². The molecule has 110 valence electrons. The van der Waals surface area contributed by atoms with Gasteiger partial charge in [-0.3, -0.25) is 4.79 Å². The molecule has 0 spiro atoms. The second kappa shape index (κ2) is 6.21. The number of carbonyl (C=O) groups is 1. The quantitative estimate of drug-likeness (QED) is 0.894. The van der Waals surface area contributed by atoms with E-state index in [1.165, 1.54) is 4.90 Å². The van der Waals surface area contributed by atoms with Crippen LogP contribution < -0.4 is 10.2 Å². The predicted molar refractivity (Wildman–Crippen MR) is 78.1 cm³/mol. The number of nitrogens with zero attached hydrogens (tertiary/aromatic N) is 5. The number of aromatic nitrogens is 3. The Bertz CT molecular complexity index is 489. The zero-order chi connectivity index (χ0) is 14.7. The summed E-state index contributed by atoms with van der Waals surface area (Å²) in [5, 5.41) is 3.10. The molecule has 0 aromatic carbocycles. The van der Waals surface area contributed by atoms with E-state index in [-0.39, 0.29) is 11.2 Å². The van der Waals surface area contributed by atoms with Crippen LogP contribution in [0.2, 0.25) is 5.28 Å². The molecule has 0 radical (unpaired) electrons. The highest BCUT2D eigenvalue weighted by molar-refractivity contribution is 6.28. The van der Waals surface area contributed by atoms with Gasteiger partial charge in [-0.05, 0) is 31.4 Å². The summed E-state index contributed by atoms with van der Waals surface area (Å²) in [5.41, 5.74) is 0. The lowest BCUT2D eigenvalue weighted by atomic mass is 10.3. The minimum Gasteiger partial charge on any atom is -0.347 e. The summed E-state index contributed by atoms with van der Waals surface area (Å²) in [5.74, 6) is 0.841. The van der Waals surface area contributed by atoms with E-state index in [1.807, 2.05) is 0 Å². The normalized spacial score (nSPS) is 16.1. The summed E-state index contributed by atoms with van der Waals surface area (Å²) in [6, 6.07) is -0.421. The van der Waals surface area contributed by atoms with E-state index in [2.05, 4.69) is 25.2 Å². The van der Waals surface area contributed by atoms with E-state index in [0.717, 1.165) is 25.9 Å². The van der Waals surface area contributed by atoms with E-state index in [0.29, 0.717) is 11.9 Å². The average Bonchev–Trinajstić information content (AvgIpc) is 2.90. The molecule has 1 amide bonds. The minimum atomic E-state index is -0.421. The second-order valence-corrected chi connectivity index (χ2v) is 5.36. The SMILES string of the molecule is CC(Nc1nc(Cl)nc(N2CCCC2)n1)C(=O)N(C)C. The Morgan fingerprint density at radius 3 is 2.55 bits per heavy atom. The largest absolute Gasteiger partial charge is 0.347 e. The smallest absolute Gasteiger partial charge is 0.244 e. The van der Waals surface area contributed by atoms with Gasteiger partial charge in [0.05, 0.1) is 0 Å². The van der Waals surface area contributed by atoms with Gasteiger partial charge in [0.2, 0.25) is 23.1 Å². The van der Waals surface area contributed by atoms with E-state index in [1.54, 1.807) is 21.0 Å². The van der Waals surface area contributed by atoms with Crippen molar-refractivity contribution in [3.63, 3.8) is 0 Å². The molecule has 1 N–H and O–H groups in total. The standard InChI is InChI=1S/C12H19ClN6O/c1-8(9(20)18(2)3)14-11-15-10(13)16-12(17-11)19-6-4-5-7-19/h8H,4-7H2,1-3H3,(H,14,15,16,17). The van der Waals surface area contributed by atoms with Gasteiger partial charge in [-0.25, -0.2) is 0 Å². The van der Waals surface area contributed by atoms with Crippen LogP contribution in [0.4, 0.5) is 11.9 Å². The fraction of sp³-hybridized carbons (Fsp3) is 0.667. The molecule has 1 aromatic heterocycles. The van der Waals surface area contributed by atoms with Gasteiger partial charge >= 0.3 is 0 Å². The fourth-order valence-electron chi connectivity index (χ4n) is 2.11.